The quantitative estimate of drug-likeness (QED) is 0.646. The van der Waals surface area contributed by atoms with Crippen molar-refractivity contribution in [1.29, 1.82) is 0 Å². The highest BCUT2D eigenvalue weighted by Gasteiger charge is 2.24. The Balaban J connectivity index is 2.05. The van der Waals surface area contributed by atoms with E-state index >= 15 is 0 Å². The first kappa shape index (κ1) is 10.7. The molecule has 2 aliphatic rings. The lowest BCUT2D eigenvalue weighted by Crippen LogP contribution is -2.31. The topological polar surface area (TPSA) is 12.5 Å². The zero-order valence-corrected chi connectivity index (χ0v) is 10.0. The maximum absolute atomic E-state index is 5.35. The average Bonchev–Trinajstić information content (AvgIpc) is 2.27. The van der Waals surface area contributed by atoms with Gasteiger partial charge in [0.15, 0.2) is 0 Å². The van der Waals surface area contributed by atoms with Crippen molar-refractivity contribution < 1.29 is 4.74 Å². The molecule has 0 aliphatic heterocycles. The summed E-state index contributed by atoms with van der Waals surface area (Å²) in [5.41, 5.74) is 3.31. The standard InChI is InChI=1S/C13H21NO/c1-14(2)12-6-4-10-5-7-13(15-3)9-11(10)8-12/h7,12H,4-6,8-9H2,1-3H3/t12-/m1/s1. The highest BCUT2D eigenvalue weighted by molar-refractivity contribution is 5.29. The Labute approximate surface area is 92.6 Å². The third kappa shape index (κ3) is 2.25. The summed E-state index contributed by atoms with van der Waals surface area (Å²) in [4.78, 5) is 2.36. The molecule has 0 aromatic rings. The molecule has 0 aromatic carbocycles. The molecule has 0 radical (unpaired) electrons. The van der Waals surface area contributed by atoms with Crippen molar-refractivity contribution in [3.8, 4) is 0 Å². The van der Waals surface area contributed by atoms with Crippen LogP contribution in [-0.4, -0.2) is 32.1 Å². The molecule has 84 valence electrons. The molecule has 0 aromatic heterocycles. The number of ether oxygens (including phenoxy) is 1. The van der Waals surface area contributed by atoms with Gasteiger partial charge in [0.2, 0.25) is 0 Å². The van der Waals surface area contributed by atoms with Crippen LogP contribution in [0.2, 0.25) is 0 Å². The molecular formula is C13H21NO. The van der Waals surface area contributed by atoms with Gasteiger partial charge >= 0.3 is 0 Å². The summed E-state index contributed by atoms with van der Waals surface area (Å²) in [7, 11) is 6.15. The summed E-state index contributed by atoms with van der Waals surface area (Å²) in [5, 5.41) is 0. The highest BCUT2D eigenvalue weighted by atomic mass is 16.5. The molecule has 0 saturated heterocycles. The molecule has 2 heteroatoms. The van der Waals surface area contributed by atoms with Gasteiger partial charge in [-0.05, 0) is 45.9 Å². The molecule has 1 atom stereocenters. The summed E-state index contributed by atoms with van der Waals surface area (Å²) in [5.74, 6) is 1.16. The van der Waals surface area contributed by atoms with Gasteiger partial charge in [-0.15, -0.1) is 0 Å². The van der Waals surface area contributed by atoms with Crippen molar-refractivity contribution in [1.82, 2.24) is 4.90 Å². The lowest BCUT2D eigenvalue weighted by Gasteiger charge is -2.33. The number of nitrogens with zero attached hydrogens (tertiary/aromatic N) is 1. The van der Waals surface area contributed by atoms with Crippen molar-refractivity contribution in [2.75, 3.05) is 21.2 Å². The van der Waals surface area contributed by atoms with E-state index < -0.39 is 0 Å². The number of methoxy groups -OCH3 is 1. The molecule has 15 heavy (non-hydrogen) atoms. The molecule has 0 heterocycles. The van der Waals surface area contributed by atoms with E-state index in [0.717, 1.165) is 24.6 Å². The second-order valence-corrected chi connectivity index (χ2v) is 4.82. The van der Waals surface area contributed by atoms with Crippen LogP contribution < -0.4 is 0 Å². The van der Waals surface area contributed by atoms with Gasteiger partial charge in [0.25, 0.3) is 0 Å². The van der Waals surface area contributed by atoms with Gasteiger partial charge in [0, 0.05) is 12.5 Å². The first-order chi connectivity index (χ1) is 7.20. The number of allylic oxidation sites excluding steroid dienone is 3. The van der Waals surface area contributed by atoms with E-state index in [1.165, 1.54) is 19.3 Å². The predicted octanol–water partition coefficient (Wildman–Crippen LogP) is 2.72. The molecular weight excluding hydrogens is 186 g/mol. The van der Waals surface area contributed by atoms with Crippen LogP contribution in [0.4, 0.5) is 0 Å². The fourth-order valence-corrected chi connectivity index (χ4v) is 2.61. The second kappa shape index (κ2) is 4.40. The molecule has 0 saturated carbocycles. The molecule has 2 aliphatic carbocycles. The third-order valence-electron chi connectivity index (χ3n) is 3.72. The van der Waals surface area contributed by atoms with Crippen LogP contribution in [0.25, 0.3) is 0 Å². The van der Waals surface area contributed by atoms with E-state index in [1.807, 2.05) is 0 Å². The van der Waals surface area contributed by atoms with Gasteiger partial charge < -0.3 is 9.64 Å². The second-order valence-electron chi connectivity index (χ2n) is 4.82. The van der Waals surface area contributed by atoms with Crippen LogP contribution >= 0.6 is 0 Å². The Morgan fingerprint density at radius 2 is 2.13 bits per heavy atom. The van der Waals surface area contributed by atoms with Gasteiger partial charge in [0.1, 0.15) is 0 Å². The molecule has 2 rings (SSSR count). The SMILES string of the molecule is COC1=CCC2=C(C1)C[C@H](N(C)C)CC2. The van der Waals surface area contributed by atoms with Crippen LogP contribution in [-0.2, 0) is 4.74 Å². The zero-order valence-electron chi connectivity index (χ0n) is 10.0. The van der Waals surface area contributed by atoms with Gasteiger partial charge in [0.05, 0.1) is 12.9 Å². The zero-order chi connectivity index (χ0) is 10.8. The van der Waals surface area contributed by atoms with Crippen LogP contribution in [0, 0.1) is 0 Å². The Hall–Kier alpha value is -0.760. The van der Waals surface area contributed by atoms with E-state index in [9.17, 15) is 0 Å². The fourth-order valence-electron chi connectivity index (χ4n) is 2.61. The molecule has 0 fully saturated rings. The summed E-state index contributed by atoms with van der Waals surface area (Å²) >= 11 is 0. The van der Waals surface area contributed by atoms with Crippen molar-refractivity contribution in [3.63, 3.8) is 0 Å². The molecule has 0 spiro atoms. The number of hydrogen-bond donors (Lipinski definition) is 0. The van der Waals surface area contributed by atoms with Crippen molar-refractivity contribution in [3.05, 3.63) is 23.0 Å². The minimum atomic E-state index is 0.736. The smallest absolute Gasteiger partial charge is 0.0959 e. The van der Waals surface area contributed by atoms with Gasteiger partial charge in [-0.1, -0.05) is 11.1 Å². The summed E-state index contributed by atoms with van der Waals surface area (Å²) in [6.45, 7) is 0. The molecule has 2 nitrogen and oxygen atoms in total. The van der Waals surface area contributed by atoms with Crippen molar-refractivity contribution in [2.45, 2.75) is 38.1 Å². The Morgan fingerprint density at radius 1 is 1.33 bits per heavy atom. The minimum Gasteiger partial charge on any atom is -0.501 e. The van der Waals surface area contributed by atoms with E-state index in [-0.39, 0.29) is 0 Å². The number of rotatable bonds is 2. The monoisotopic (exact) mass is 207 g/mol. The Kier molecular flexibility index (Phi) is 3.15. The van der Waals surface area contributed by atoms with Crippen molar-refractivity contribution >= 4 is 0 Å². The predicted molar refractivity (Wildman–Crippen MR) is 62.7 cm³/mol. The fraction of sp³-hybridized carbons (Fsp3) is 0.692. The molecule has 0 bridgehead atoms. The maximum Gasteiger partial charge on any atom is 0.0959 e. The van der Waals surface area contributed by atoms with E-state index in [1.54, 1.807) is 18.3 Å². The maximum atomic E-state index is 5.35. The summed E-state index contributed by atoms with van der Waals surface area (Å²) < 4.78 is 5.35. The molecule has 0 unspecified atom stereocenters. The van der Waals surface area contributed by atoms with Crippen molar-refractivity contribution in [2.24, 2.45) is 0 Å². The van der Waals surface area contributed by atoms with E-state index in [0.29, 0.717) is 0 Å². The highest BCUT2D eigenvalue weighted by Crippen LogP contribution is 2.36. The average molecular weight is 207 g/mol. The van der Waals surface area contributed by atoms with Crippen LogP contribution in [0.5, 0.6) is 0 Å². The third-order valence-corrected chi connectivity index (χ3v) is 3.72. The summed E-state index contributed by atoms with van der Waals surface area (Å²) in [6, 6.07) is 0.736. The Morgan fingerprint density at radius 3 is 2.80 bits per heavy atom. The lowest BCUT2D eigenvalue weighted by atomic mass is 9.82. The van der Waals surface area contributed by atoms with Gasteiger partial charge in [-0.25, -0.2) is 0 Å². The normalized spacial score (nSPS) is 26.4. The summed E-state index contributed by atoms with van der Waals surface area (Å²) in [6.07, 6.45) is 8.26. The van der Waals surface area contributed by atoms with Crippen LogP contribution in [0.1, 0.15) is 32.1 Å². The number of hydrogen-bond acceptors (Lipinski definition) is 2. The largest absolute Gasteiger partial charge is 0.501 e. The van der Waals surface area contributed by atoms with Crippen LogP contribution in [0.15, 0.2) is 23.0 Å². The van der Waals surface area contributed by atoms with E-state index in [4.69, 9.17) is 4.74 Å². The molecule has 0 N–H and O–H groups in total. The van der Waals surface area contributed by atoms with Gasteiger partial charge in [-0.2, -0.15) is 0 Å². The first-order valence-electron chi connectivity index (χ1n) is 5.80. The first-order valence-corrected chi connectivity index (χ1v) is 5.80. The van der Waals surface area contributed by atoms with Crippen LogP contribution in [0.3, 0.4) is 0 Å². The molecule has 0 amide bonds. The lowest BCUT2D eigenvalue weighted by molar-refractivity contribution is 0.250. The Bertz CT molecular complexity index is 302. The van der Waals surface area contributed by atoms with Gasteiger partial charge in [-0.3, -0.25) is 0 Å². The van der Waals surface area contributed by atoms with E-state index in [2.05, 4.69) is 25.1 Å². The minimum absolute atomic E-state index is 0.736.